The van der Waals surface area contributed by atoms with E-state index in [2.05, 4.69) is 17.4 Å². The van der Waals surface area contributed by atoms with Crippen molar-refractivity contribution in [2.45, 2.75) is 89.7 Å². The molecule has 1 aliphatic carbocycles. The van der Waals surface area contributed by atoms with Gasteiger partial charge >= 0.3 is 6.09 Å². The molecule has 1 unspecified atom stereocenters. The monoisotopic (exact) mass is 507 g/mol. The van der Waals surface area contributed by atoms with Gasteiger partial charge in [-0.15, -0.1) is 0 Å². The number of benzene rings is 2. The standard InChI is InChI=1S/C29H37N3O5/c1-29(2,3)37-28(34)31-21-9-13-23(14-10-21)36-26-17-20(19-7-11-22(33)12-8-19)16-25-24(26)18-30-32(25)27-6-4-5-15-35-27/h7-8,11-12,16-18,21,23,27,33H,4-6,9-10,13-15H2,1-3H3,(H,31,34)/t21-,23-,27?. The molecule has 2 aromatic carbocycles. The zero-order chi connectivity index (χ0) is 26.0. The van der Waals surface area contributed by atoms with Gasteiger partial charge < -0.3 is 24.6 Å². The normalized spacial score (nSPS) is 22.5. The van der Waals surface area contributed by atoms with Crippen molar-refractivity contribution in [3.05, 3.63) is 42.6 Å². The summed E-state index contributed by atoms with van der Waals surface area (Å²) in [4.78, 5) is 12.2. The number of nitrogens with one attached hydrogen (secondary N) is 1. The second kappa shape index (κ2) is 10.6. The van der Waals surface area contributed by atoms with Crippen LogP contribution in [0.2, 0.25) is 0 Å². The molecule has 2 fully saturated rings. The SMILES string of the molecule is CC(C)(C)OC(=O)N[C@H]1CC[C@H](Oc2cc(-c3ccc(O)cc3)cc3c2cnn3C2CCCCO2)CC1. The van der Waals surface area contributed by atoms with Gasteiger partial charge in [-0.25, -0.2) is 9.48 Å². The Bertz CT molecular complexity index is 1220. The Hall–Kier alpha value is -3.26. The number of alkyl carbamates (subject to hydrolysis) is 1. The molecule has 2 aliphatic rings. The van der Waals surface area contributed by atoms with E-state index >= 15 is 0 Å². The molecule has 1 aliphatic heterocycles. The minimum absolute atomic E-state index is 0.0456. The van der Waals surface area contributed by atoms with E-state index < -0.39 is 5.60 Å². The first-order chi connectivity index (χ1) is 17.7. The van der Waals surface area contributed by atoms with Gasteiger partial charge in [0.15, 0.2) is 6.23 Å². The van der Waals surface area contributed by atoms with Gasteiger partial charge in [-0.1, -0.05) is 12.1 Å². The van der Waals surface area contributed by atoms with Crippen LogP contribution in [0.4, 0.5) is 4.79 Å². The van der Waals surface area contributed by atoms with Crippen LogP contribution in [0.25, 0.3) is 22.0 Å². The lowest BCUT2D eigenvalue weighted by molar-refractivity contribution is -0.0366. The van der Waals surface area contributed by atoms with Crippen molar-refractivity contribution in [1.82, 2.24) is 15.1 Å². The minimum Gasteiger partial charge on any atom is -0.508 e. The van der Waals surface area contributed by atoms with Crippen LogP contribution in [-0.4, -0.2) is 45.3 Å². The summed E-state index contributed by atoms with van der Waals surface area (Å²) in [7, 11) is 0. The number of amides is 1. The van der Waals surface area contributed by atoms with E-state index in [0.717, 1.165) is 79.3 Å². The molecule has 0 bridgehead atoms. The summed E-state index contributed by atoms with van der Waals surface area (Å²) in [5, 5.41) is 18.4. The minimum atomic E-state index is -0.509. The molecule has 0 spiro atoms. The molecule has 8 heteroatoms. The summed E-state index contributed by atoms with van der Waals surface area (Å²) in [6, 6.07) is 11.5. The predicted octanol–water partition coefficient (Wildman–Crippen LogP) is 6.32. The van der Waals surface area contributed by atoms with E-state index in [1.807, 2.05) is 43.8 Å². The summed E-state index contributed by atoms with van der Waals surface area (Å²) < 4.78 is 20.0. The van der Waals surface area contributed by atoms with E-state index in [4.69, 9.17) is 19.3 Å². The summed E-state index contributed by atoms with van der Waals surface area (Å²) in [5.74, 6) is 1.03. The summed E-state index contributed by atoms with van der Waals surface area (Å²) in [5.41, 5.74) is 2.46. The van der Waals surface area contributed by atoms with E-state index in [-0.39, 0.29) is 30.2 Å². The molecule has 2 heterocycles. The maximum atomic E-state index is 12.2. The first kappa shape index (κ1) is 25.4. The second-order valence-corrected chi connectivity index (χ2v) is 11.1. The van der Waals surface area contributed by atoms with Gasteiger partial charge in [0.2, 0.25) is 0 Å². The third kappa shape index (κ3) is 6.18. The highest BCUT2D eigenvalue weighted by Crippen LogP contribution is 2.37. The number of nitrogens with zero attached hydrogens (tertiary/aromatic N) is 2. The molecular formula is C29H37N3O5. The average Bonchev–Trinajstić information content (AvgIpc) is 3.29. The Morgan fingerprint density at radius 1 is 1.05 bits per heavy atom. The first-order valence-electron chi connectivity index (χ1n) is 13.3. The van der Waals surface area contributed by atoms with E-state index in [9.17, 15) is 9.90 Å². The number of phenols is 1. The number of aromatic hydroxyl groups is 1. The third-order valence-corrected chi connectivity index (χ3v) is 7.00. The fourth-order valence-corrected chi connectivity index (χ4v) is 5.16. The van der Waals surface area contributed by atoms with Crippen molar-refractivity contribution in [2.24, 2.45) is 0 Å². The molecule has 1 aromatic heterocycles. The van der Waals surface area contributed by atoms with Crippen LogP contribution in [0.15, 0.2) is 42.6 Å². The highest BCUT2D eigenvalue weighted by Gasteiger charge is 2.27. The van der Waals surface area contributed by atoms with Gasteiger partial charge in [-0.2, -0.15) is 5.10 Å². The number of ether oxygens (including phenoxy) is 3. The molecule has 0 radical (unpaired) electrons. The van der Waals surface area contributed by atoms with Gasteiger partial charge in [0, 0.05) is 12.6 Å². The van der Waals surface area contributed by atoms with Crippen molar-refractivity contribution in [3.63, 3.8) is 0 Å². The molecule has 198 valence electrons. The molecule has 2 N–H and O–H groups in total. The van der Waals surface area contributed by atoms with Crippen molar-refractivity contribution in [2.75, 3.05) is 6.61 Å². The van der Waals surface area contributed by atoms with Crippen molar-refractivity contribution < 1.29 is 24.1 Å². The second-order valence-electron chi connectivity index (χ2n) is 11.1. The average molecular weight is 508 g/mol. The maximum Gasteiger partial charge on any atom is 0.407 e. The van der Waals surface area contributed by atoms with E-state index in [1.165, 1.54) is 0 Å². The van der Waals surface area contributed by atoms with Gasteiger partial charge in [-0.3, -0.25) is 0 Å². The fraction of sp³-hybridized carbons (Fsp3) is 0.517. The zero-order valence-electron chi connectivity index (χ0n) is 21.9. The molecule has 5 rings (SSSR count). The van der Waals surface area contributed by atoms with E-state index in [0.29, 0.717) is 0 Å². The van der Waals surface area contributed by atoms with Crippen LogP contribution < -0.4 is 10.1 Å². The first-order valence-corrected chi connectivity index (χ1v) is 13.3. The molecular weight excluding hydrogens is 470 g/mol. The largest absolute Gasteiger partial charge is 0.508 e. The lowest BCUT2D eigenvalue weighted by Crippen LogP contribution is -2.42. The summed E-state index contributed by atoms with van der Waals surface area (Å²) in [6.45, 7) is 6.35. The highest BCUT2D eigenvalue weighted by molar-refractivity contribution is 5.90. The van der Waals surface area contributed by atoms with Crippen molar-refractivity contribution in [1.29, 1.82) is 0 Å². The van der Waals surface area contributed by atoms with Gasteiger partial charge in [0.05, 0.1) is 23.2 Å². The zero-order valence-corrected chi connectivity index (χ0v) is 21.9. The van der Waals surface area contributed by atoms with Crippen LogP contribution >= 0.6 is 0 Å². The van der Waals surface area contributed by atoms with Gasteiger partial charge in [-0.05, 0) is 101 Å². The predicted molar refractivity (Wildman–Crippen MR) is 142 cm³/mol. The van der Waals surface area contributed by atoms with Crippen LogP contribution in [0, 0.1) is 0 Å². The van der Waals surface area contributed by atoms with Crippen molar-refractivity contribution >= 4 is 17.0 Å². The molecule has 8 nitrogen and oxygen atoms in total. The van der Waals surface area contributed by atoms with Crippen LogP contribution in [0.1, 0.15) is 71.9 Å². The Morgan fingerprint density at radius 2 is 1.81 bits per heavy atom. The fourth-order valence-electron chi connectivity index (χ4n) is 5.16. The number of carbonyl (C=O) groups is 1. The number of phenolic OH excluding ortho intramolecular Hbond substituents is 1. The number of hydrogen-bond acceptors (Lipinski definition) is 6. The Labute approximate surface area is 217 Å². The summed E-state index contributed by atoms with van der Waals surface area (Å²) in [6.07, 6.45) is 7.95. The Morgan fingerprint density at radius 3 is 2.49 bits per heavy atom. The van der Waals surface area contributed by atoms with Crippen molar-refractivity contribution in [3.8, 4) is 22.6 Å². The van der Waals surface area contributed by atoms with Gasteiger partial charge in [0.25, 0.3) is 0 Å². The molecule has 1 amide bonds. The lowest BCUT2D eigenvalue weighted by Gasteiger charge is -2.30. The Kier molecular flexibility index (Phi) is 7.29. The number of carbonyl (C=O) groups excluding carboxylic acids is 1. The Balaban J connectivity index is 1.36. The van der Waals surface area contributed by atoms with E-state index in [1.54, 1.807) is 12.1 Å². The molecule has 1 atom stereocenters. The number of fused-ring (bicyclic) bond motifs is 1. The third-order valence-electron chi connectivity index (χ3n) is 7.00. The molecule has 3 aromatic rings. The molecule has 1 saturated heterocycles. The molecule has 1 saturated carbocycles. The molecule has 37 heavy (non-hydrogen) atoms. The van der Waals surface area contributed by atoms with Crippen LogP contribution in [0.3, 0.4) is 0 Å². The quantitative estimate of drug-likeness (QED) is 0.419. The summed E-state index contributed by atoms with van der Waals surface area (Å²) >= 11 is 0. The topological polar surface area (TPSA) is 94.8 Å². The van der Waals surface area contributed by atoms with Crippen LogP contribution in [-0.2, 0) is 9.47 Å². The lowest BCUT2D eigenvalue weighted by atomic mass is 9.93. The highest BCUT2D eigenvalue weighted by atomic mass is 16.6. The number of aromatic nitrogens is 2. The maximum absolute atomic E-state index is 12.2. The number of rotatable bonds is 5. The van der Waals surface area contributed by atoms with Crippen LogP contribution in [0.5, 0.6) is 11.5 Å². The van der Waals surface area contributed by atoms with Gasteiger partial charge in [0.1, 0.15) is 17.1 Å². The smallest absolute Gasteiger partial charge is 0.407 e. The number of hydrogen-bond donors (Lipinski definition) is 2.